The van der Waals surface area contributed by atoms with Crippen LogP contribution in [0.3, 0.4) is 0 Å². The Kier molecular flexibility index (Phi) is 8.25. The molecule has 2 aromatic carbocycles. The topological polar surface area (TPSA) is 18.5 Å². The van der Waals surface area contributed by atoms with Crippen molar-refractivity contribution in [2.24, 2.45) is 0 Å². The van der Waals surface area contributed by atoms with E-state index in [-0.39, 0.29) is 0 Å². The summed E-state index contributed by atoms with van der Waals surface area (Å²) in [7, 11) is 0. The van der Waals surface area contributed by atoms with Gasteiger partial charge >= 0.3 is 232 Å². The fourth-order valence-corrected chi connectivity index (χ4v) is 15.8. The fraction of sp³-hybridized carbons (Fsp3) is 0.412. The SMILES string of the molecule is CC1=C(C)C(C)=[C]([Zr]([O]c2ccc(C(C)C)cc2)([O]c2ccc(C(C)C)cc2)[C]2=C(C)C(C)=C(C)C2)C1. The molecular weight excluding hydrogens is 532 g/mol. The molecule has 3 heteroatoms. The average molecular weight is 576 g/mol. The van der Waals surface area contributed by atoms with Crippen LogP contribution in [0.1, 0.15) is 105 Å². The molecule has 196 valence electrons. The van der Waals surface area contributed by atoms with E-state index < -0.39 is 21.1 Å². The van der Waals surface area contributed by atoms with Gasteiger partial charge in [-0.3, -0.25) is 0 Å². The van der Waals surface area contributed by atoms with E-state index in [4.69, 9.17) is 5.63 Å². The van der Waals surface area contributed by atoms with E-state index in [1.807, 2.05) is 0 Å². The van der Waals surface area contributed by atoms with Gasteiger partial charge in [0, 0.05) is 0 Å². The first-order valence-electron chi connectivity index (χ1n) is 13.8. The van der Waals surface area contributed by atoms with Crippen molar-refractivity contribution in [1.29, 1.82) is 0 Å². The van der Waals surface area contributed by atoms with Gasteiger partial charge in [-0.2, -0.15) is 0 Å². The molecule has 2 nitrogen and oxygen atoms in total. The van der Waals surface area contributed by atoms with Crippen molar-refractivity contribution in [2.45, 2.75) is 93.9 Å². The van der Waals surface area contributed by atoms with Gasteiger partial charge in [0.15, 0.2) is 0 Å². The summed E-state index contributed by atoms with van der Waals surface area (Å²) in [5.41, 5.74) is 11.0. The molecule has 0 amide bonds. The van der Waals surface area contributed by atoms with Crippen molar-refractivity contribution >= 4 is 0 Å². The molecule has 0 aliphatic heterocycles. The average Bonchev–Trinajstić information content (AvgIpc) is 3.29. The van der Waals surface area contributed by atoms with E-state index in [0.717, 1.165) is 24.3 Å². The summed E-state index contributed by atoms with van der Waals surface area (Å²) in [5.74, 6) is 2.82. The van der Waals surface area contributed by atoms with E-state index in [2.05, 4.69) is 118 Å². The van der Waals surface area contributed by atoms with Crippen LogP contribution in [0.4, 0.5) is 0 Å². The van der Waals surface area contributed by atoms with Crippen molar-refractivity contribution in [3.63, 3.8) is 0 Å². The maximum absolute atomic E-state index is 7.34. The summed E-state index contributed by atoms with van der Waals surface area (Å²) >= 11 is -4.19. The van der Waals surface area contributed by atoms with Crippen LogP contribution in [0.15, 0.2) is 88.5 Å². The maximum atomic E-state index is 7.34. The molecule has 2 aliphatic carbocycles. The monoisotopic (exact) mass is 574 g/mol. The van der Waals surface area contributed by atoms with Gasteiger partial charge < -0.3 is 0 Å². The first-order valence-corrected chi connectivity index (χ1v) is 18.2. The number of rotatable bonds is 8. The predicted octanol–water partition coefficient (Wildman–Crippen LogP) is 10.4. The third-order valence-corrected chi connectivity index (χ3v) is 17.8. The number of allylic oxidation sites excluding steroid dienone is 8. The van der Waals surface area contributed by atoms with Gasteiger partial charge in [0.1, 0.15) is 0 Å². The van der Waals surface area contributed by atoms with Gasteiger partial charge in [-0.15, -0.1) is 0 Å². The van der Waals surface area contributed by atoms with Crippen LogP contribution in [0.2, 0.25) is 0 Å². The molecule has 0 saturated heterocycles. The van der Waals surface area contributed by atoms with Gasteiger partial charge in [-0.25, -0.2) is 0 Å². The number of benzene rings is 2. The zero-order valence-corrected chi connectivity index (χ0v) is 27.0. The molecule has 2 aromatic rings. The van der Waals surface area contributed by atoms with Crippen LogP contribution in [0.5, 0.6) is 11.5 Å². The third-order valence-electron chi connectivity index (χ3n) is 8.61. The van der Waals surface area contributed by atoms with Crippen molar-refractivity contribution in [1.82, 2.24) is 0 Å². The van der Waals surface area contributed by atoms with Gasteiger partial charge in [0.2, 0.25) is 0 Å². The van der Waals surface area contributed by atoms with Crippen LogP contribution in [0.25, 0.3) is 0 Å². The summed E-state index contributed by atoms with van der Waals surface area (Å²) in [6.07, 6.45) is 1.88. The molecule has 0 unspecified atom stereocenters. The van der Waals surface area contributed by atoms with Crippen molar-refractivity contribution < 1.29 is 26.8 Å². The molecule has 0 N–H and O–H groups in total. The first kappa shape index (κ1) is 27.9. The minimum absolute atomic E-state index is 0.488. The molecule has 0 bridgehead atoms. The summed E-state index contributed by atoms with van der Waals surface area (Å²) < 4.78 is 17.5. The van der Waals surface area contributed by atoms with E-state index in [1.165, 1.54) is 51.1 Å². The molecule has 2 aliphatic rings. The Bertz CT molecular complexity index is 1200. The molecule has 0 atom stereocenters. The predicted molar refractivity (Wildman–Crippen MR) is 154 cm³/mol. The quantitative estimate of drug-likeness (QED) is 0.312. The molecule has 0 heterocycles. The Morgan fingerprint density at radius 1 is 0.514 bits per heavy atom. The standard InChI is InChI=1S/2C9H12O.2C8H11.Zr/c2*1-7(2)8-3-5-9(10)6-4-8;2*1-6-4-5-7(2)8(6)3;/h2*3-7,10H,1-2H3;2*4H2,1-3H3;/q;;;;+2/p-2. The molecule has 0 aromatic heterocycles. The molecule has 0 radical (unpaired) electrons. The summed E-state index contributed by atoms with van der Waals surface area (Å²) in [5, 5.41) is 0. The second-order valence-electron chi connectivity index (χ2n) is 11.6. The van der Waals surface area contributed by atoms with E-state index in [0.29, 0.717) is 11.8 Å². The zero-order valence-electron chi connectivity index (χ0n) is 24.5. The van der Waals surface area contributed by atoms with E-state index in [1.54, 1.807) is 0 Å². The van der Waals surface area contributed by atoms with Crippen LogP contribution in [0, 0.1) is 0 Å². The van der Waals surface area contributed by atoms with Gasteiger partial charge in [-0.1, -0.05) is 0 Å². The van der Waals surface area contributed by atoms with Crippen LogP contribution < -0.4 is 5.63 Å². The fourth-order valence-electron chi connectivity index (χ4n) is 5.50. The molecule has 37 heavy (non-hydrogen) atoms. The summed E-state index contributed by atoms with van der Waals surface area (Å²) in [4.78, 5) is 0. The minimum atomic E-state index is -4.19. The van der Waals surface area contributed by atoms with Crippen LogP contribution >= 0.6 is 0 Å². The van der Waals surface area contributed by atoms with Gasteiger partial charge in [-0.05, 0) is 0 Å². The second kappa shape index (κ2) is 10.9. The van der Waals surface area contributed by atoms with Crippen LogP contribution in [-0.2, 0) is 21.1 Å². The Morgan fingerprint density at radius 3 is 1.08 bits per heavy atom. The third kappa shape index (κ3) is 5.40. The van der Waals surface area contributed by atoms with E-state index >= 15 is 0 Å². The van der Waals surface area contributed by atoms with Crippen LogP contribution in [-0.4, -0.2) is 0 Å². The Labute approximate surface area is 230 Å². The van der Waals surface area contributed by atoms with Crippen molar-refractivity contribution in [3.05, 3.63) is 99.7 Å². The number of hydrogen-bond acceptors (Lipinski definition) is 2. The summed E-state index contributed by atoms with van der Waals surface area (Å²) in [6.45, 7) is 22.5. The molecule has 4 rings (SSSR count). The van der Waals surface area contributed by atoms with Crippen molar-refractivity contribution in [3.8, 4) is 11.5 Å². The molecule has 0 saturated carbocycles. The first-order chi connectivity index (χ1) is 17.4. The normalized spacial score (nSPS) is 16.8. The Morgan fingerprint density at radius 2 is 0.838 bits per heavy atom. The molecule has 0 spiro atoms. The second-order valence-corrected chi connectivity index (χ2v) is 18.6. The molecule has 0 fully saturated rings. The van der Waals surface area contributed by atoms with Gasteiger partial charge in [0.25, 0.3) is 0 Å². The summed E-state index contributed by atoms with van der Waals surface area (Å²) in [6, 6.07) is 17.5. The van der Waals surface area contributed by atoms with E-state index in [9.17, 15) is 0 Å². The van der Waals surface area contributed by atoms with Crippen molar-refractivity contribution in [2.75, 3.05) is 0 Å². The molecular formula is C34H44O2Zr. The van der Waals surface area contributed by atoms with Gasteiger partial charge in [0.05, 0.1) is 0 Å². The number of hydrogen-bond donors (Lipinski definition) is 0. The Hall–Kier alpha value is -2.12. The zero-order chi connectivity index (χ0) is 27.1. The Balaban J connectivity index is 1.91.